The summed E-state index contributed by atoms with van der Waals surface area (Å²) in [7, 11) is 1.43. The zero-order chi connectivity index (χ0) is 13.8. The van der Waals surface area contributed by atoms with Crippen molar-refractivity contribution in [3.8, 4) is 0 Å². The molecule has 0 radical (unpaired) electrons. The fraction of sp³-hybridized carbons (Fsp3) is 0.533. The first-order valence-corrected chi connectivity index (χ1v) is 7.09. The molecule has 3 heteroatoms. The van der Waals surface area contributed by atoms with E-state index in [1.165, 1.54) is 24.4 Å². The van der Waals surface area contributed by atoms with Gasteiger partial charge < -0.3 is 4.74 Å². The number of benzene rings is 1. The molecule has 0 saturated heterocycles. The van der Waals surface area contributed by atoms with Crippen LogP contribution in [0.1, 0.15) is 45.6 Å². The maximum absolute atomic E-state index is 11.6. The maximum Gasteiger partial charge on any atom is 0.321 e. The molecule has 1 rings (SSSR count). The first kappa shape index (κ1) is 15.1. The maximum atomic E-state index is 11.6. The lowest BCUT2D eigenvalue weighted by Crippen LogP contribution is -2.28. The van der Waals surface area contributed by atoms with Gasteiger partial charge in [0.05, 0.1) is 7.11 Å². The summed E-state index contributed by atoms with van der Waals surface area (Å²) in [5.74, 6) is 0.385. The predicted molar refractivity (Wildman–Crippen MR) is 77.1 cm³/mol. The third kappa shape index (κ3) is 3.77. The van der Waals surface area contributed by atoms with E-state index in [4.69, 9.17) is 4.74 Å². The van der Waals surface area contributed by atoms with Gasteiger partial charge in [-0.2, -0.15) is 0 Å². The third-order valence-electron chi connectivity index (χ3n) is 3.11. The summed E-state index contributed by atoms with van der Waals surface area (Å²) < 4.78 is 4.26. The van der Waals surface area contributed by atoms with Crippen molar-refractivity contribution in [3.05, 3.63) is 29.8 Å². The second kappa shape index (κ2) is 6.28. The van der Waals surface area contributed by atoms with Gasteiger partial charge in [0.2, 0.25) is 0 Å². The van der Waals surface area contributed by atoms with Gasteiger partial charge in [-0.25, -0.2) is 0 Å². The van der Waals surface area contributed by atoms with Gasteiger partial charge in [-0.3, -0.25) is 4.79 Å². The summed E-state index contributed by atoms with van der Waals surface area (Å²) in [6.07, 6.45) is 1.14. The number of ether oxygens (including phenoxy) is 1. The standard InChI is InChI=1S/C15H22O2S/c1-6-11(2)12-7-9-13(10-8-12)18-15(3,4)14(16)17-5/h7-11H,6H2,1-5H3. The van der Waals surface area contributed by atoms with Crippen LogP contribution in [-0.2, 0) is 9.53 Å². The van der Waals surface area contributed by atoms with E-state index in [0.29, 0.717) is 5.92 Å². The molecule has 0 spiro atoms. The minimum atomic E-state index is -0.549. The second-order valence-corrected chi connectivity index (χ2v) is 6.68. The highest BCUT2D eigenvalue weighted by Gasteiger charge is 2.29. The van der Waals surface area contributed by atoms with Crippen molar-refractivity contribution in [2.45, 2.75) is 49.7 Å². The Labute approximate surface area is 114 Å². The molecule has 1 aromatic rings. The highest BCUT2D eigenvalue weighted by molar-refractivity contribution is 8.01. The molecule has 0 bridgehead atoms. The van der Waals surface area contributed by atoms with Gasteiger partial charge in [0.25, 0.3) is 0 Å². The van der Waals surface area contributed by atoms with Crippen LogP contribution >= 0.6 is 11.8 Å². The summed E-state index contributed by atoms with van der Waals surface area (Å²) in [4.78, 5) is 12.7. The molecule has 2 nitrogen and oxygen atoms in total. The Balaban J connectivity index is 2.78. The Morgan fingerprint density at radius 2 is 1.89 bits per heavy atom. The van der Waals surface area contributed by atoms with Crippen molar-refractivity contribution in [1.82, 2.24) is 0 Å². The molecule has 0 N–H and O–H groups in total. The molecule has 0 amide bonds. The minimum Gasteiger partial charge on any atom is -0.468 e. The van der Waals surface area contributed by atoms with Gasteiger partial charge >= 0.3 is 5.97 Å². The second-order valence-electron chi connectivity index (χ2n) is 4.98. The van der Waals surface area contributed by atoms with Crippen molar-refractivity contribution in [2.75, 3.05) is 7.11 Å². The van der Waals surface area contributed by atoms with Crippen LogP contribution in [0.4, 0.5) is 0 Å². The van der Waals surface area contributed by atoms with Crippen molar-refractivity contribution in [1.29, 1.82) is 0 Å². The molecule has 0 fully saturated rings. The number of hydrogen-bond acceptors (Lipinski definition) is 3. The summed E-state index contributed by atoms with van der Waals surface area (Å²) in [6, 6.07) is 8.45. The van der Waals surface area contributed by atoms with Crippen LogP contribution in [0.25, 0.3) is 0 Å². The lowest BCUT2D eigenvalue weighted by molar-refractivity contribution is -0.142. The van der Waals surface area contributed by atoms with E-state index in [9.17, 15) is 4.79 Å². The summed E-state index contributed by atoms with van der Waals surface area (Å²) >= 11 is 1.53. The van der Waals surface area contributed by atoms with E-state index in [1.54, 1.807) is 0 Å². The molecule has 0 aliphatic carbocycles. The van der Waals surface area contributed by atoms with Gasteiger partial charge in [-0.1, -0.05) is 26.0 Å². The third-order valence-corrected chi connectivity index (χ3v) is 4.30. The first-order valence-electron chi connectivity index (χ1n) is 6.28. The van der Waals surface area contributed by atoms with Gasteiger partial charge in [0, 0.05) is 4.90 Å². The lowest BCUT2D eigenvalue weighted by atomic mass is 9.99. The molecule has 18 heavy (non-hydrogen) atoms. The van der Waals surface area contributed by atoms with Crippen molar-refractivity contribution < 1.29 is 9.53 Å². The molecule has 100 valence electrons. The Bertz CT molecular complexity index is 395. The fourth-order valence-electron chi connectivity index (χ4n) is 1.68. The minimum absolute atomic E-state index is 0.196. The molecule has 1 atom stereocenters. The summed E-state index contributed by atoms with van der Waals surface area (Å²) in [5.41, 5.74) is 1.35. The number of carbonyl (C=O) groups is 1. The predicted octanol–water partition coefficient (Wildman–Crippen LogP) is 4.24. The first-order chi connectivity index (χ1) is 8.40. The van der Waals surface area contributed by atoms with Gasteiger partial charge in [-0.05, 0) is 43.9 Å². The fourth-order valence-corrected chi connectivity index (χ4v) is 2.71. The molecular formula is C15H22O2S. The van der Waals surface area contributed by atoms with Crippen LogP contribution in [0.2, 0.25) is 0 Å². The van der Waals surface area contributed by atoms with Crippen molar-refractivity contribution >= 4 is 17.7 Å². The highest BCUT2D eigenvalue weighted by atomic mass is 32.2. The Kier molecular flexibility index (Phi) is 5.27. The highest BCUT2D eigenvalue weighted by Crippen LogP contribution is 2.34. The molecule has 0 aromatic heterocycles. The van der Waals surface area contributed by atoms with E-state index < -0.39 is 4.75 Å². The van der Waals surface area contributed by atoms with E-state index in [-0.39, 0.29) is 5.97 Å². The Hall–Kier alpha value is -0.960. The molecule has 1 unspecified atom stereocenters. The van der Waals surface area contributed by atoms with Crippen LogP contribution in [0.5, 0.6) is 0 Å². The average Bonchev–Trinajstić information content (AvgIpc) is 2.37. The normalized spacial score (nSPS) is 13.2. The molecule has 0 heterocycles. The molecular weight excluding hydrogens is 244 g/mol. The molecule has 0 aliphatic rings. The zero-order valence-corrected chi connectivity index (χ0v) is 12.6. The van der Waals surface area contributed by atoms with Gasteiger partial charge in [-0.15, -0.1) is 11.8 Å². The number of rotatable bonds is 5. The van der Waals surface area contributed by atoms with Gasteiger partial charge in [0.15, 0.2) is 0 Å². The van der Waals surface area contributed by atoms with Crippen molar-refractivity contribution in [3.63, 3.8) is 0 Å². The van der Waals surface area contributed by atoms with Gasteiger partial charge in [0.1, 0.15) is 4.75 Å². The number of thioether (sulfide) groups is 1. The van der Waals surface area contributed by atoms with Crippen LogP contribution in [0, 0.1) is 0 Å². The van der Waals surface area contributed by atoms with E-state index >= 15 is 0 Å². The summed E-state index contributed by atoms with van der Waals surface area (Å²) in [6.45, 7) is 8.17. The Morgan fingerprint density at radius 3 is 2.33 bits per heavy atom. The van der Waals surface area contributed by atoms with Crippen molar-refractivity contribution in [2.24, 2.45) is 0 Å². The van der Waals surface area contributed by atoms with Crippen LogP contribution in [0.15, 0.2) is 29.2 Å². The quantitative estimate of drug-likeness (QED) is 0.589. The van der Waals surface area contributed by atoms with Crippen LogP contribution < -0.4 is 0 Å². The SMILES string of the molecule is CCC(C)c1ccc(SC(C)(C)C(=O)OC)cc1. The summed E-state index contributed by atoms with van der Waals surface area (Å²) in [5, 5.41) is 0. The van der Waals surface area contributed by atoms with E-state index in [1.807, 2.05) is 13.8 Å². The number of carbonyl (C=O) groups excluding carboxylic acids is 1. The molecule has 0 aliphatic heterocycles. The Morgan fingerprint density at radius 1 is 1.33 bits per heavy atom. The number of hydrogen-bond donors (Lipinski definition) is 0. The largest absolute Gasteiger partial charge is 0.468 e. The number of esters is 1. The topological polar surface area (TPSA) is 26.3 Å². The average molecular weight is 266 g/mol. The number of methoxy groups -OCH3 is 1. The molecule has 1 aromatic carbocycles. The smallest absolute Gasteiger partial charge is 0.321 e. The zero-order valence-electron chi connectivity index (χ0n) is 11.8. The van der Waals surface area contributed by atoms with Crippen LogP contribution in [0.3, 0.4) is 0 Å². The van der Waals surface area contributed by atoms with Crippen LogP contribution in [-0.4, -0.2) is 17.8 Å². The lowest BCUT2D eigenvalue weighted by Gasteiger charge is -2.21. The molecule has 0 saturated carbocycles. The monoisotopic (exact) mass is 266 g/mol. The van der Waals surface area contributed by atoms with E-state index in [2.05, 4.69) is 38.1 Å². The van der Waals surface area contributed by atoms with E-state index in [0.717, 1.165) is 11.3 Å².